The second-order valence-electron chi connectivity index (χ2n) is 8.94. The molecule has 2 saturated heterocycles. The molecule has 2 atom stereocenters. The number of fused-ring (bicyclic) bond motifs is 2. The summed E-state index contributed by atoms with van der Waals surface area (Å²) in [7, 11) is 4.75. The fourth-order valence-electron chi connectivity index (χ4n) is 5.47. The van der Waals surface area contributed by atoms with E-state index in [1.807, 2.05) is 48.5 Å². The molecular formula is C23H28Cl2INO. The van der Waals surface area contributed by atoms with Gasteiger partial charge < -0.3 is 33.6 Å². The van der Waals surface area contributed by atoms with Gasteiger partial charge in [-0.2, -0.15) is 0 Å². The molecule has 0 spiro atoms. The number of quaternary nitrogens is 1. The lowest BCUT2D eigenvalue weighted by Crippen LogP contribution is -3.00. The molecule has 2 nitrogen and oxygen atoms in total. The molecule has 152 valence electrons. The van der Waals surface area contributed by atoms with E-state index in [0.29, 0.717) is 34.5 Å². The summed E-state index contributed by atoms with van der Waals surface area (Å²) < 4.78 is 1.14. The molecule has 0 radical (unpaired) electrons. The van der Waals surface area contributed by atoms with Crippen LogP contribution in [-0.2, 0) is 5.60 Å². The van der Waals surface area contributed by atoms with Gasteiger partial charge in [-0.3, -0.25) is 0 Å². The Labute approximate surface area is 195 Å². The van der Waals surface area contributed by atoms with Gasteiger partial charge in [0.25, 0.3) is 0 Å². The molecule has 2 aliphatic rings. The van der Waals surface area contributed by atoms with Crippen LogP contribution in [0, 0.1) is 5.92 Å². The highest BCUT2D eigenvalue weighted by atomic mass is 127. The van der Waals surface area contributed by atoms with Gasteiger partial charge in [-0.15, -0.1) is 0 Å². The number of hydrogen-bond acceptors (Lipinski definition) is 1. The van der Waals surface area contributed by atoms with Crippen molar-refractivity contribution in [3.8, 4) is 0 Å². The monoisotopic (exact) mass is 531 g/mol. The number of rotatable bonds is 4. The van der Waals surface area contributed by atoms with Crippen molar-refractivity contribution < 1.29 is 33.6 Å². The average Bonchev–Trinajstić information content (AvgIpc) is 2.79. The molecule has 5 heteroatoms. The Hall–Kier alpha value is -0.330. The van der Waals surface area contributed by atoms with Crippen LogP contribution in [-0.4, -0.2) is 35.8 Å². The number of nitrogens with zero attached hydrogens (tertiary/aromatic N) is 1. The van der Waals surface area contributed by atoms with E-state index >= 15 is 0 Å². The molecule has 2 aromatic rings. The van der Waals surface area contributed by atoms with Crippen molar-refractivity contribution in [2.75, 3.05) is 14.1 Å². The first kappa shape index (κ1) is 22.4. The Balaban J connectivity index is 0.00000225. The smallest absolute Gasteiger partial charge is 0.115 e. The van der Waals surface area contributed by atoms with Gasteiger partial charge in [0.2, 0.25) is 0 Å². The van der Waals surface area contributed by atoms with Crippen molar-refractivity contribution in [3.05, 3.63) is 69.7 Å². The van der Waals surface area contributed by atoms with E-state index in [4.69, 9.17) is 23.2 Å². The van der Waals surface area contributed by atoms with Gasteiger partial charge >= 0.3 is 0 Å². The summed E-state index contributed by atoms with van der Waals surface area (Å²) in [6.45, 7) is 0. The fraction of sp³-hybridized carbons (Fsp3) is 0.478. The van der Waals surface area contributed by atoms with E-state index in [9.17, 15) is 5.11 Å². The summed E-state index contributed by atoms with van der Waals surface area (Å²) in [6.07, 6.45) is 5.67. The van der Waals surface area contributed by atoms with Crippen LogP contribution in [0.5, 0.6) is 0 Å². The van der Waals surface area contributed by atoms with Crippen LogP contribution < -0.4 is 24.0 Å². The van der Waals surface area contributed by atoms with Crippen LogP contribution >= 0.6 is 23.2 Å². The lowest BCUT2D eigenvalue weighted by atomic mass is 9.75. The number of aliphatic hydroxyl groups is 1. The van der Waals surface area contributed by atoms with Gasteiger partial charge in [-0.25, -0.2) is 0 Å². The molecule has 1 N–H and O–H groups in total. The maximum absolute atomic E-state index is 12.0. The summed E-state index contributed by atoms with van der Waals surface area (Å²) in [5.41, 5.74) is 0.627. The number of piperidine rings is 1. The van der Waals surface area contributed by atoms with Crippen molar-refractivity contribution in [2.45, 2.75) is 49.8 Å². The van der Waals surface area contributed by atoms with Crippen LogP contribution in [0.1, 0.15) is 43.2 Å². The quantitative estimate of drug-likeness (QED) is 0.475. The van der Waals surface area contributed by atoms with E-state index in [0.717, 1.165) is 15.6 Å². The molecule has 2 bridgehead atoms. The number of halogens is 3. The van der Waals surface area contributed by atoms with Crippen LogP contribution in [0.25, 0.3) is 0 Å². The maximum Gasteiger partial charge on any atom is 0.115 e. The number of benzene rings is 2. The molecule has 0 saturated carbocycles. The highest BCUT2D eigenvalue weighted by Crippen LogP contribution is 2.47. The van der Waals surface area contributed by atoms with Crippen LogP contribution in [0.3, 0.4) is 0 Å². The van der Waals surface area contributed by atoms with E-state index < -0.39 is 5.60 Å². The molecular weight excluding hydrogens is 504 g/mol. The molecule has 2 fully saturated rings. The SMILES string of the molecule is C[N+]1(C)[C@H]2CC[C@H]1CC(CC(O)(c1cccc(Cl)c1)c1cccc(Cl)c1)C2.[I-]. The topological polar surface area (TPSA) is 20.2 Å². The summed E-state index contributed by atoms with van der Waals surface area (Å²) in [6, 6.07) is 16.7. The van der Waals surface area contributed by atoms with Gasteiger partial charge in [-0.1, -0.05) is 47.5 Å². The van der Waals surface area contributed by atoms with Crippen molar-refractivity contribution >= 4 is 23.2 Å². The Morgan fingerprint density at radius 3 is 1.82 bits per heavy atom. The van der Waals surface area contributed by atoms with Gasteiger partial charge in [0, 0.05) is 35.7 Å². The molecule has 0 amide bonds. The first-order valence-electron chi connectivity index (χ1n) is 9.87. The third-order valence-corrected chi connectivity index (χ3v) is 7.58. The average molecular weight is 532 g/mol. The second kappa shape index (κ2) is 8.43. The third-order valence-electron chi connectivity index (χ3n) is 7.11. The summed E-state index contributed by atoms with van der Waals surface area (Å²) in [4.78, 5) is 0. The second-order valence-corrected chi connectivity index (χ2v) is 9.81. The zero-order chi connectivity index (χ0) is 19.2. The first-order chi connectivity index (χ1) is 12.8. The summed E-state index contributed by atoms with van der Waals surface area (Å²) in [5, 5.41) is 13.3. The zero-order valence-corrected chi connectivity index (χ0v) is 20.1. The molecule has 2 heterocycles. The van der Waals surface area contributed by atoms with Crippen LogP contribution in [0.15, 0.2) is 48.5 Å². The van der Waals surface area contributed by atoms with Crippen LogP contribution in [0.2, 0.25) is 10.0 Å². The summed E-state index contributed by atoms with van der Waals surface area (Å²) in [5.74, 6) is 0.497. The summed E-state index contributed by atoms with van der Waals surface area (Å²) >= 11 is 12.5. The predicted molar refractivity (Wildman–Crippen MR) is 112 cm³/mol. The van der Waals surface area contributed by atoms with E-state index in [-0.39, 0.29) is 24.0 Å². The largest absolute Gasteiger partial charge is 1.00 e. The molecule has 4 rings (SSSR count). The highest BCUT2D eigenvalue weighted by molar-refractivity contribution is 6.31. The maximum atomic E-state index is 12.0. The molecule has 2 aliphatic heterocycles. The standard InChI is InChI=1S/C23H28Cl2NO.HI/c1-26(2)21-9-10-22(26)12-16(11-21)15-23(27,17-5-3-7-19(24)13-17)18-6-4-8-20(25)14-18;/h3-8,13-14,16,21-22,27H,9-12,15H2,1-2H3;1H/q+1;/p-1/t21-,22-;/m0./s1. The Morgan fingerprint density at radius 1 is 0.929 bits per heavy atom. The lowest BCUT2D eigenvalue weighted by molar-refractivity contribution is -0.931. The van der Waals surface area contributed by atoms with Gasteiger partial charge in [-0.05, 0) is 47.7 Å². The Bertz CT molecular complexity index is 779. The number of hydrogen-bond donors (Lipinski definition) is 1. The minimum absolute atomic E-state index is 0. The van der Waals surface area contributed by atoms with E-state index in [1.54, 1.807) is 0 Å². The van der Waals surface area contributed by atoms with Gasteiger partial charge in [0.15, 0.2) is 0 Å². The predicted octanol–water partition coefficient (Wildman–Crippen LogP) is 2.64. The van der Waals surface area contributed by atoms with Crippen molar-refractivity contribution in [1.29, 1.82) is 0 Å². The molecule has 0 unspecified atom stereocenters. The molecule has 0 aliphatic carbocycles. The van der Waals surface area contributed by atoms with Crippen molar-refractivity contribution in [1.82, 2.24) is 0 Å². The first-order valence-corrected chi connectivity index (χ1v) is 10.6. The lowest BCUT2D eigenvalue weighted by Gasteiger charge is -2.46. The highest BCUT2D eigenvalue weighted by Gasteiger charge is 2.50. The van der Waals surface area contributed by atoms with Gasteiger partial charge in [0.1, 0.15) is 5.60 Å². The van der Waals surface area contributed by atoms with Gasteiger partial charge in [0.05, 0.1) is 26.2 Å². The normalized spacial score (nSPS) is 26.0. The van der Waals surface area contributed by atoms with Crippen LogP contribution in [0.4, 0.5) is 0 Å². The van der Waals surface area contributed by atoms with Crippen molar-refractivity contribution in [3.63, 3.8) is 0 Å². The molecule has 2 aromatic carbocycles. The Kier molecular flexibility index (Phi) is 6.73. The Morgan fingerprint density at radius 2 is 1.39 bits per heavy atom. The molecule has 0 aromatic heterocycles. The minimum atomic E-state index is -1.08. The third kappa shape index (κ3) is 4.11. The van der Waals surface area contributed by atoms with E-state index in [1.165, 1.54) is 25.7 Å². The zero-order valence-electron chi connectivity index (χ0n) is 16.4. The molecule has 28 heavy (non-hydrogen) atoms. The minimum Gasteiger partial charge on any atom is -1.00 e. The van der Waals surface area contributed by atoms with E-state index in [2.05, 4.69) is 14.1 Å². The fourth-order valence-corrected chi connectivity index (χ4v) is 5.85. The van der Waals surface area contributed by atoms with Crippen molar-refractivity contribution in [2.24, 2.45) is 5.92 Å².